The van der Waals surface area contributed by atoms with Crippen molar-refractivity contribution in [2.45, 2.75) is 0 Å². The van der Waals surface area contributed by atoms with E-state index in [-0.39, 0.29) is 11.4 Å². The highest BCUT2D eigenvalue weighted by atomic mass is 16.5. The molecular formula is C11H10N2O4. The lowest BCUT2D eigenvalue weighted by molar-refractivity contribution is -0.115. The number of benzene rings is 1. The van der Waals surface area contributed by atoms with Crippen molar-refractivity contribution < 1.29 is 19.4 Å². The van der Waals surface area contributed by atoms with Crippen LogP contribution >= 0.6 is 0 Å². The second-order valence-electron chi connectivity index (χ2n) is 3.40. The average Bonchev–Trinajstić information content (AvgIpc) is 2.60. The van der Waals surface area contributed by atoms with Crippen LogP contribution in [0.3, 0.4) is 0 Å². The minimum absolute atomic E-state index is 0.00885. The summed E-state index contributed by atoms with van der Waals surface area (Å²) in [7, 11) is 1.43. The quantitative estimate of drug-likeness (QED) is 0.516. The predicted octanol–water partition coefficient (Wildman–Crippen LogP) is 0.581. The van der Waals surface area contributed by atoms with Gasteiger partial charge in [0.05, 0.1) is 7.11 Å². The van der Waals surface area contributed by atoms with Crippen molar-refractivity contribution in [1.82, 2.24) is 10.6 Å². The number of methoxy groups -OCH3 is 1. The topological polar surface area (TPSA) is 87.7 Å². The van der Waals surface area contributed by atoms with Crippen molar-refractivity contribution in [3.05, 3.63) is 29.5 Å². The fourth-order valence-electron chi connectivity index (χ4n) is 1.43. The van der Waals surface area contributed by atoms with Gasteiger partial charge < -0.3 is 15.2 Å². The fourth-order valence-corrected chi connectivity index (χ4v) is 1.43. The molecule has 3 amide bonds. The Morgan fingerprint density at radius 2 is 2.06 bits per heavy atom. The zero-order valence-electron chi connectivity index (χ0n) is 8.98. The largest absolute Gasteiger partial charge is 0.504 e. The van der Waals surface area contributed by atoms with Crippen LogP contribution in [0.1, 0.15) is 5.56 Å². The fraction of sp³-hybridized carbons (Fsp3) is 0.0909. The van der Waals surface area contributed by atoms with Crippen LogP contribution in [0.25, 0.3) is 6.08 Å². The van der Waals surface area contributed by atoms with Crippen LogP contribution in [-0.4, -0.2) is 24.2 Å². The van der Waals surface area contributed by atoms with Crippen LogP contribution in [-0.2, 0) is 4.79 Å². The molecule has 1 aromatic rings. The number of urea groups is 1. The van der Waals surface area contributed by atoms with Gasteiger partial charge in [-0.25, -0.2) is 4.79 Å². The molecule has 1 saturated heterocycles. The summed E-state index contributed by atoms with van der Waals surface area (Å²) in [6, 6.07) is 4.05. The Morgan fingerprint density at radius 1 is 1.29 bits per heavy atom. The summed E-state index contributed by atoms with van der Waals surface area (Å²) in [5, 5.41) is 13.8. The molecule has 2 rings (SSSR count). The average molecular weight is 234 g/mol. The number of imide groups is 1. The van der Waals surface area contributed by atoms with Crippen molar-refractivity contribution in [3.63, 3.8) is 0 Å². The standard InChI is InChI=1S/C11H10N2O4/c1-17-9-5-6(2-3-8(9)14)4-7-10(15)13-11(16)12-7/h2-5,14H,1H3,(H2,12,13,15,16)/b7-4-. The first kappa shape index (κ1) is 11.0. The third-order valence-corrected chi connectivity index (χ3v) is 2.23. The number of hydrogen-bond donors (Lipinski definition) is 3. The highest BCUT2D eigenvalue weighted by Crippen LogP contribution is 2.27. The second-order valence-corrected chi connectivity index (χ2v) is 3.40. The molecule has 1 aliphatic heterocycles. The number of nitrogens with one attached hydrogen (secondary N) is 2. The van der Waals surface area contributed by atoms with Crippen LogP contribution < -0.4 is 15.4 Å². The Labute approximate surface area is 96.9 Å². The van der Waals surface area contributed by atoms with Gasteiger partial charge in [0.25, 0.3) is 5.91 Å². The van der Waals surface area contributed by atoms with Gasteiger partial charge in [0.1, 0.15) is 5.70 Å². The molecule has 0 unspecified atom stereocenters. The zero-order chi connectivity index (χ0) is 12.4. The van der Waals surface area contributed by atoms with Gasteiger partial charge in [0, 0.05) is 0 Å². The van der Waals surface area contributed by atoms with E-state index in [2.05, 4.69) is 10.6 Å². The van der Waals surface area contributed by atoms with Crippen molar-refractivity contribution in [1.29, 1.82) is 0 Å². The van der Waals surface area contributed by atoms with Gasteiger partial charge >= 0.3 is 6.03 Å². The molecule has 1 aromatic carbocycles. The van der Waals surface area contributed by atoms with E-state index < -0.39 is 11.9 Å². The maximum absolute atomic E-state index is 11.3. The molecule has 0 bridgehead atoms. The Hall–Kier alpha value is -2.50. The first-order valence-electron chi connectivity index (χ1n) is 4.81. The zero-order valence-corrected chi connectivity index (χ0v) is 8.98. The van der Waals surface area contributed by atoms with E-state index in [9.17, 15) is 14.7 Å². The molecule has 0 atom stereocenters. The number of aromatic hydroxyl groups is 1. The third kappa shape index (κ3) is 2.20. The van der Waals surface area contributed by atoms with E-state index in [1.165, 1.54) is 19.3 Å². The van der Waals surface area contributed by atoms with Crippen molar-refractivity contribution >= 4 is 18.0 Å². The van der Waals surface area contributed by atoms with E-state index in [0.29, 0.717) is 11.3 Å². The molecule has 0 radical (unpaired) electrons. The van der Waals surface area contributed by atoms with Crippen molar-refractivity contribution in [2.75, 3.05) is 7.11 Å². The third-order valence-electron chi connectivity index (χ3n) is 2.23. The summed E-state index contributed by atoms with van der Waals surface area (Å²) in [5.41, 5.74) is 0.787. The molecule has 0 spiro atoms. The summed E-state index contributed by atoms with van der Waals surface area (Å²) in [6.07, 6.45) is 1.49. The second kappa shape index (κ2) is 4.17. The maximum Gasteiger partial charge on any atom is 0.326 e. The predicted molar refractivity (Wildman–Crippen MR) is 59.3 cm³/mol. The van der Waals surface area contributed by atoms with Gasteiger partial charge in [-0.1, -0.05) is 6.07 Å². The number of amides is 3. The van der Waals surface area contributed by atoms with Gasteiger partial charge in [-0.2, -0.15) is 0 Å². The van der Waals surface area contributed by atoms with Gasteiger partial charge in [-0.3, -0.25) is 10.1 Å². The van der Waals surface area contributed by atoms with Crippen molar-refractivity contribution in [3.8, 4) is 11.5 Å². The lowest BCUT2D eigenvalue weighted by atomic mass is 10.1. The minimum atomic E-state index is -0.549. The Morgan fingerprint density at radius 3 is 2.65 bits per heavy atom. The van der Waals surface area contributed by atoms with Crippen LogP contribution in [0.2, 0.25) is 0 Å². The number of carbonyl (C=O) groups is 2. The lowest BCUT2D eigenvalue weighted by Crippen LogP contribution is -2.22. The summed E-state index contributed by atoms with van der Waals surface area (Å²) >= 11 is 0. The molecule has 1 fully saturated rings. The summed E-state index contributed by atoms with van der Waals surface area (Å²) in [5.74, 6) is -0.180. The molecule has 0 aromatic heterocycles. The number of ether oxygens (including phenoxy) is 1. The Bertz CT molecular complexity index is 522. The van der Waals surface area contributed by atoms with E-state index >= 15 is 0 Å². The number of carbonyl (C=O) groups excluding carboxylic acids is 2. The Kier molecular flexibility index (Phi) is 2.70. The molecule has 1 aliphatic rings. The van der Waals surface area contributed by atoms with Crippen molar-refractivity contribution in [2.24, 2.45) is 0 Å². The monoisotopic (exact) mass is 234 g/mol. The molecular weight excluding hydrogens is 224 g/mol. The van der Waals surface area contributed by atoms with Gasteiger partial charge in [0.2, 0.25) is 0 Å². The van der Waals surface area contributed by atoms with Crippen LogP contribution in [0, 0.1) is 0 Å². The van der Waals surface area contributed by atoms with E-state index in [1.807, 2.05) is 0 Å². The molecule has 0 aliphatic carbocycles. The molecule has 6 nitrogen and oxygen atoms in total. The van der Waals surface area contributed by atoms with E-state index in [1.54, 1.807) is 12.1 Å². The van der Waals surface area contributed by atoms with Crippen LogP contribution in [0.5, 0.6) is 11.5 Å². The summed E-state index contributed by atoms with van der Waals surface area (Å²) in [4.78, 5) is 22.1. The van der Waals surface area contributed by atoms with Crippen LogP contribution in [0.15, 0.2) is 23.9 Å². The van der Waals surface area contributed by atoms with Gasteiger partial charge in [-0.15, -0.1) is 0 Å². The molecule has 88 valence electrons. The number of phenolic OH excluding ortho intramolecular Hbond substituents is 1. The molecule has 0 saturated carbocycles. The normalized spacial score (nSPS) is 16.9. The summed E-state index contributed by atoms with van der Waals surface area (Å²) < 4.78 is 4.93. The highest BCUT2D eigenvalue weighted by Gasteiger charge is 2.22. The Balaban J connectivity index is 2.33. The number of phenols is 1. The maximum atomic E-state index is 11.3. The minimum Gasteiger partial charge on any atom is -0.504 e. The van der Waals surface area contributed by atoms with Gasteiger partial charge in [-0.05, 0) is 23.8 Å². The SMILES string of the molecule is COc1cc(/C=C2\NC(=O)NC2=O)ccc1O. The molecule has 6 heteroatoms. The molecule has 3 N–H and O–H groups in total. The van der Waals surface area contributed by atoms with Gasteiger partial charge in [0.15, 0.2) is 11.5 Å². The number of hydrogen-bond acceptors (Lipinski definition) is 4. The smallest absolute Gasteiger partial charge is 0.326 e. The number of rotatable bonds is 2. The lowest BCUT2D eigenvalue weighted by Gasteiger charge is -2.04. The first-order chi connectivity index (χ1) is 8.10. The molecule has 17 heavy (non-hydrogen) atoms. The summed E-state index contributed by atoms with van der Waals surface area (Å²) in [6.45, 7) is 0. The van der Waals surface area contributed by atoms with E-state index in [4.69, 9.17) is 4.74 Å². The molecule has 1 heterocycles. The van der Waals surface area contributed by atoms with E-state index in [0.717, 1.165) is 0 Å². The highest BCUT2D eigenvalue weighted by molar-refractivity contribution is 6.13. The van der Waals surface area contributed by atoms with Crippen LogP contribution in [0.4, 0.5) is 4.79 Å². The first-order valence-corrected chi connectivity index (χ1v) is 4.81.